The van der Waals surface area contributed by atoms with E-state index in [-0.39, 0.29) is 6.10 Å². The molecule has 74 valence electrons. The molecule has 2 unspecified atom stereocenters. The lowest BCUT2D eigenvalue weighted by molar-refractivity contribution is 0.167. The van der Waals surface area contributed by atoms with Crippen molar-refractivity contribution >= 4 is 0 Å². The standard InChI is InChI=1S/C11H24O/c1-9(6-7-10(2)12)8-11(3,4)5/h9-10,12H,6-8H2,1-5H3. The largest absolute Gasteiger partial charge is 0.393 e. The minimum absolute atomic E-state index is 0.132. The van der Waals surface area contributed by atoms with Crippen LogP contribution in [0.5, 0.6) is 0 Å². The normalized spacial score (nSPS) is 17.5. The Morgan fingerprint density at radius 3 is 1.92 bits per heavy atom. The van der Waals surface area contributed by atoms with Crippen LogP contribution in [0.1, 0.15) is 53.9 Å². The van der Waals surface area contributed by atoms with E-state index in [4.69, 9.17) is 5.11 Å². The highest BCUT2D eigenvalue weighted by Crippen LogP contribution is 2.26. The van der Waals surface area contributed by atoms with E-state index in [2.05, 4.69) is 27.7 Å². The maximum absolute atomic E-state index is 9.10. The minimum atomic E-state index is -0.132. The number of rotatable bonds is 4. The Morgan fingerprint density at radius 1 is 1.08 bits per heavy atom. The van der Waals surface area contributed by atoms with Crippen molar-refractivity contribution in [1.82, 2.24) is 0 Å². The summed E-state index contributed by atoms with van der Waals surface area (Å²) in [6.07, 6.45) is 3.21. The zero-order valence-electron chi connectivity index (χ0n) is 9.22. The van der Waals surface area contributed by atoms with Crippen LogP contribution in [0.15, 0.2) is 0 Å². The van der Waals surface area contributed by atoms with Gasteiger partial charge in [0.1, 0.15) is 0 Å². The van der Waals surface area contributed by atoms with Crippen LogP contribution in [0.4, 0.5) is 0 Å². The number of hydrogen-bond acceptors (Lipinski definition) is 1. The monoisotopic (exact) mass is 172 g/mol. The van der Waals surface area contributed by atoms with Crippen LogP contribution in [0, 0.1) is 11.3 Å². The van der Waals surface area contributed by atoms with Crippen molar-refractivity contribution in [1.29, 1.82) is 0 Å². The molecule has 0 spiro atoms. The molecule has 0 aliphatic carbocycles. The topological polar surface area (TPSA) is 20.2 Å². The molecule has 12 heavy (non-hydrogen) atoms. The lowest BCUT2D eigenvalue weighted by Gasteiger charge is -2.23. The van der Waals surface area contributed by atoms with Crippen LogP contribution in [-0.2, 0) is 0 Å². The van der Waals surface area contributed by atoms with Gasteiger partial charge in [-0.25, -0.2) is 0 Å². The van der Waals surface area contributed by atoms with Crippen molar-refractivity contribution in [2.24, 2.45) is 11.3 Å². The fourth-order valence-corrected chi connectivity index (χ4v) is 1.67. The molecule has 0 amide bonds. The molecule has 0 radical (unpaired) electrons. The van der Waals surface area contributed by atoms with Gasteiger partial charge in [-0.15, -0.1) is 0 Å². The highest BCUT2D eigenvalue weighted by molar-refractivity contribution is 4.66. The van der Waals surface area contributed by atoms with E-state index in [1.54, 1.807) is 0 Å². The summed E-state index contributed by atoms with van der Waals surface area (Å²) in [4.78, 5) is 0. The summed E-state index contributed by atoms with van der Waals surface area (Å²) >= 11 is 0. The Morgan fingerprint density at radius 2 is 1.58 bits per heavy atom. The van der Waals surface area contributed by atoms with Crippen molar-refractivity contribution in [2.45, 2.75) is 60.0 Å². The Bertz CT molecular complexity index is 111. The second-order valence-electron chi connectivity index (χ2n) is 5.30. The Hall–Kier alpha value is -0.0400. The summed E-state index contributed by atoms with van der Waals surface area (Å²) in [5.74, 6) is 0.736. The Labute approximate surface area is 77.2 Å². The maximum Gasteiger partial charge on any atom is 0.0512 e. The van der Waals surface area contributed by atoms with Gasteiger partial charge in [0.2, 0.25) is 0 Å². The predicted molar refractivity (Wildman–Crippen MR) is 54.2 cm³/mol. The average Bonchev–Trinajstić information content (AvgIpc) is 1.79. The second kappa shape index (κ2) is 4.86. The van der Waals surface area contributed by atoms with Crippen LogP contribution in [-0.4, -0.2) is 11.2 Å². The van der Waals surface area contributed by atoms with Crippen molar-refractivity contribution in [3.05, 3.63) is 0 Å². The summed E-state index contributed by atoms with van der Waals surface area (Å²) in [7, 11) is 0. The summed E-state index contributed by atoms with van der Waals surface area (Å²) in [6, 6.07) is 0. The fraction of sp³-hybridized carbons (Fsp3) is 1.00. The van der Waals surface area contributed by atoms with Crippen LogP contribution in [0.25, 0.3) is 0 Å². The minimum Gasteiger partial charge on any atom is -0.393 e. The summed E-state index contributed by atoms with van der Waals surface area (Å²) in [5, 5.41) is 9.10. The van der Waals surface area contributed by atoms with Crippen LogP contribution in [0.2, 0.25) is 0 Å². The quantitative estimate of drug-likeness (QED) is 0.690. The first-order chi connectivity index (χ1) is 5.31. The van der Waals surface area contributed by atoms with E-state index in [1.165, 1.54) is 6.42 Å². The van der Waals surface area contributed by atoms with Gasteiger partial charge in [-0.2, -0.15) is 0 Å². The molecule has 0 fully saturated rings. The van der Waals surface area contributed by atoms with E-state index in [0.717, 1.165) is 18.8 Å². The van der Waals surface area contributed by atoms with Gasteiger partial charge in [-0.05, 0) is 37.5 Å². The Balaban J connectivity index is 3.53. The third kappa shape index (κ3) is 8.06. The number of hydrogen-bond donors (Lipinski definition) is 1. The smallest absolute Gasteiger partial charge is 0.0512 e. The van der Waals surface area contributed by atoms with Gasteiger partial charge in [-0.3, -0.25) is 0 Å². The van der Waals surface area contributed by atoms with Crippen molar-refractivity contribution in [3.8, 4) is 0 Å². The van der Waals surface area contributed by atoms with Crippen LogP contribution < -0.4 is 0 Å². The molecule has 0 saturated carbocycles. The van der Waals surface area contributed by atoms with Gasteiger partial charge < -0.3 is 5.11 Å². The van der Waals surface area contributed by atoms with Crippen LogP contribution in [0.3, 0.4) is 0 Å². The first-order valence-corrected chi connectivity index (χ1v) is 4.99. The molecule has 0 aromatic heterocycles. The predicted octanol–water partition coefficient (Wildman–Crippen LogP) is 3.22. The summed E-state index contributed by atoms with van der Waals surface area (Å²) in [5.41, 5.74) is 0.429. The molecule has 0 aromatic carbocycles. The van der Waals surface area contributed by atoms with Gasteiger partial charge >= 0.3 is 0 Å². The molecule has 0 saturated heterocycles. The highest BCUT2D eigenvalue weighted by Gasteiger charge is 2.15. The third-order valence-electron chi connectivity index (χ3n) is 2.04. The lowest BCUT2D eigenvalue weighted by atomic mass is 9.83. The molecule has 0 aliphatic heterocycles. The first-order valence-electron chi connectivity index (χ1n) is 4.99. The molecule has 1 heteroatoms. The van der Waals surface area contributed by atoms with Gasteiger partial charge in [0.15, 0.2) is 0 Å². The van der Waals surface area contributed by atoms with E-state index >= 15 is 0 Å². The molecule has 0 bridgehead atoms. The lowest BCUT2D eigenvalue weighted by Crippen LogP contribution is -2.12. The third-order valence-corrected chi connectivity index (χ3v) is 2.04. The first kappa shape index (κ1) is 12.0. The van der Waals surface area contributed by atoms with E-state index in [1.807, 2.05) is 6.92 Å². The van der Waals surface area contributed by atoms with Crippen molar-refractivity contribution in [3.63, 3.8) is 0 Å². The molecule has 0 aliphatic rings. The average molecular weight is 172 g/mol. The molecule has 1 nitrogen and oxygen atoms in total. The zero-order valence-corrected chi connectivity index (χ0v) is 9.22. The second-order valence-corrected chi connectivity index (χ2v) is 5.30. The molecule has 1 N–H and O–H groups in total. The highest BCUT2D eigenvalue weighted by atomic mass is 16.3. The van der Waals surface area contributed by atoms with Gasteiger partial charge in [0.25, 0.3) is 0 Å². The van der Waals surface area contributed by atoms with Crippen LogP contribution >= 0.6 is 0 Å². The van der Waals surface area contributed by atoms with Gasteiger partial charge in [0, 0.05) is 0 Å². The molecule has 0 heterocycles. The number of aliphatic hydroxyl groups excluding tert-OH is 1. The SMILES string of the molecule is CC(O)CCC(C)CC(C)(C)C. The summed E-state index contributed by atoms with van der Waals surface area (Å²) in [6.45, 7) is 10.9. The van der Waals surface area contributed by atoms with E-state index < -0.39 is 0 Å². The van der Waals surface area contributed by atoms with E-state index in [9.17, 15) is 0 Å². The number of aliphatic hydroxyl groups is 1. The van der Waals surface area contributed by atoms with Crippen molar-refractivity contribution < 1.29 is 5.11 Å². The van der Waals surface area contributed by atoms with Gasteiger partial charge in [-0.1, -0.05) is 27.7 Å². The molecule has 0 aromatic rings. The maximum atomic E-state index is 9.10. The Kier molecular flexibility index (Phi) is 4.84. The molecular weight excluding hydrogens is 148 g/mol. The molecule has 2 atom stereocenters. The van der Waals surface area contributed by atoms with Gasteiger partial charge in [0.05, 0.1) is 6.10 Å². The van der Waals surface area contributed by atoms with Crippen molar-refractivity contribution in [2.75, 3.05) is 0 Å². The molecular formula is C11H24O. The molecule has 0 rings (SSSR count). The van der Waals surface area contributed by atoms with E-state index in [0.29, 0.717) is 5.41 Å². The summed E-state index contributed by atoms with van der Waals surface area (Å²) < 4.78 is 0. The fourth-order valence-electron chi connectivity index (χ4n) is 1.67. The zero-order chi connectivity index (χ0) is 9.78.